The lowest BCUT2D eigenvalue weighted by Crippen LogP contribution is -2.38. The van der Waals surface area contributed by atoms with Crippen molar-refractivity contribution < 1.29 is 14.7 Å². The third-order valence-electron chi connectivity index (χ3n) is 4.10. The fraction of sp³-hybridized carbons (Fsp3) is 0.562. The van der Waals surface area contributed by atoms with Crippen molar-refractivity contribution in [1.29, 1.82) is 0 Å². The molecule has 1 aliphatic heterocycles. The van der Waals surface area contributed by atoms with E-state index in [1.165, 1.54) is 37.7 Å². The van der Waals surface area contributed by atoms with Gasteiger partial charge in [-0.3, -0.25) is 9.78 Å². The average Bonchev–Trinajstić information content (AvgIpc) is 2.53. The second-order valence-corrected chi connectivity index (χ2v) is 5.65. The van der Waals surface area contributed by atoms with E-state index in [0.717, 1.165) is 31.8 Å². The predicted octanol–water partition coefficient (Wildman–Crippen LogP) is 2.82. The van der Waals surface area contributed by atoms with Crippen molar-refractivity contribution in [2.45, 2.75) is 39.0 Å². The van der Waals surface area contributed by atoms with Gasteiger partial charge in [-0.1, -0.05) is 26.2 Å². The smallest absolute Gasteiger partial charge is 0.337 e. The highest BCUT2D eigenvalue weighted by Gasteiger charge is 2.23. The number of hydrogen-bond donors (Lipinski definition) is 1. The van der Waals surface area contributed by atoms with Gasteiger partial charge >= 0.3 is 5.97 Å². The summed E-state index contributed by atoms with van der Waals surface area (Å²) in [5.74, 6) is -0.451. The first kappa shape index (κ1) is 15.5. The number of likely N-dealkylation sites (tertiary alicyclic amines) is 1. The van der Waals surface area contributed by atoms with Crippen LogP contribution in [0.5, 0.6) is 0 Å². The van der Waals surface area contributed by atoms with E-state index in [4.69, 9.17) is 5.11 Å². The molecule has 1 fully saturated rings. The molecule has 0 aliphatic carbocycles. The third-order valence-corrected chi connectivity index (χ3v) is 4.10. The summed E-state index contributed by atoms with van der Waals surface area (Å²) in [4.78, 5) is 29.0. The number of piperidine rings is 1. The molecule has 0 radical (unpaired) electrons. The van der Waals surface area contributed by atoms with Crippen LogP contribution in [-0.2, 0) is 0 Å². The minimum atomic E-state index is -1.06. The Morgan fingerprint density at radius 2 is 1.95 bits per heavy atom. The number of nitrogens with zero attached hydrogens (tertiary/aromatic N) is 2. The Hall–Kier alpha value is -1.91. The number of carbonyl (C=O) groups excluding carboxylic acids is 1. The summed E-state index contributed by atoms with van der Waals surface area (Å²) < 4.78 is 0. The molecule has 1 aliphatic rings. The Bertz CT molecular complexity index is 508. The second-order valence-electron chi connectivity index (χ2n) is 5.65. The zero-order valence-electron chi connectivity index (χ0n) is 12.4. The van der Waals surface area contributed by atoms with E-state index < -0.39 is 5.97 Å². The number of aromatic nitrogens is 1. The zero-order chi connectivity index (χ0) is 15.2. The van der Waals surface area contributed by atoms with Crippen LogP contribution in [0, 0.1) is 5.92 Å². The molecule has 21 heavy (non-hydrogen) atoms. The van der Waals surface area contributed by atoms with Crippen molar-refractivity contribution in [3.8, 4) is 0 Å². The van der Waals surface area contributed by atoms with Crippen LogP contribution >= 0.6 is 0 Å². The van der Waals surface area contributed by atoms with Crippen LogP contribution in [0.25, 0.3) is 0 Å². The van der Waals surface area contributed by atoms with Crippen molar-refractivity contribution in [2.24, 2.45) is 5.92 Å². The molecule has 1 saturated heterocycles. The summed E-state index contributed by atoms with van der Waals surface area (Å²) >= 11 is 0. The van der Waals surface area contributed by atoms with E-state index in [-0.39, 0.29) is 11.5 Å². The number of unbranched alkanes of at least 4 members (excludes halogenated alkanes) is 1. The SMILES string of the molecule is CCCCC1CCN(C(=O)c2cncc(C(=O)O)c2)CC1. The number of rotatable bonds is 5. The quantitative estimate of drug-likeness (QED) is 0.905. The normalized spacial score (nSPS) is 16.0. The van der Waals surface area contributed by atoms with Crippen LogP contribution in [0.15, 0.2) is 18.5 Å². The van der Waals surface area contributed by atoms with Crippen molar-refractivity contribution in [3.63, 3.8) is 0 Å². The van der Waals surface area contributed by atoms with E-state index in [0.29, 0.717) is 5.56 Å². The standard InChI is InChI=1S/C16H22N2O3/c1-2-3-4-12-5-7-18(8-6-12)15(19)13-9-14(16(20)21)11-17-10-13/h9-12H,2-8H2,1H3,(H,20,21). The molecular weight excluding hydrogens is 268 g/mol. The molecule has 0 bridgehead atoms. The lowest BCUT2D eigenvalue weighted by molar-refractivity contribution is 0.0685. The van der Waals surface area contributed by atoms with Crippen LogP contribution in [0.3, 0.4) is 0 Å². The highest BCUT2D eigenvalue weighted by atomic mass is 16.4. The maximum absolute atomic E-state index is 12.4. The van der Waals surface area contributed by atoms with E-state index in [2.05, 4.69) is 11.9 Å². The first-order chi connectivity index (χ1) is 10.1. The molecule has 0 spiro atoms. The summed E-state index contributed by atoms with van der Waals surface area (Å²) in [6.45, 7) is 3.70. The number of pyridine rings is 1. The van der Waals surface area contributed by atoms with Crippen LogP contribution in [0.4, 0.5) is 0 Å². The summed E-state index contributed by atoms with van der Waals surface area (Å²) in [6.07, 6.45) is 8.49. The molecule has 1 aromatic heterocycles. The molecule has 114 valence electrons. The van der Waals surface area contributed by atoms with Gasteiger partial charge in [0.2, 0.25) is 0 Å². The number of aromatic carboxylic acids is 1. The highest BCUT2D eigenvalue weighted by molar-refractivity contribution is 5.97. The van der Waals surface area contributed by atoms with Gasteiger partial charge in [0.05, 0.1) is 11.1 Å². The highest BCUT2D eigenvalue weighted by Crippen LogP contribution is 2.23. The van der Waals surface area contributed by atoms with E-state index in [9.17, 15) is 9.59 Å². The van der Waals surface area contributed by atoms with Gasteiger partial charge in [0, 0.05) is 25.5 Å². The largest absolute Gasteiger partial charge is 0.478 e. The molecular formula is C16H22N2O3. The predicted molar refractivity (Wildman–Crippen MR) is 79.3 cm³/mol. The first-order valence-corrected chi connectivity index (χ1v) is 7.59. The number of amides is 1. The van der Waals surface area contributed by atoms with E-state index in [1.54, 1.807) is 0 Å². The molecule has 0 unspecified atom stereocenters. The third kappa shape index (κ3) is 4.03. The Morgan fingerprint density at radius 1 is 1.29 bits per heavy atom. The molecule has 1 N–H and O–H groups in total. The molecule has 1 amide bonds. The minimum absolute atomic E-state index is 0.0543. The monoisotopic (exact) mass is 290 g/mol. The van der Waals surface area contributed by atoms with Gasteiger partial charge in [-0.05, 0) is 24.8 Å². The molecule has 2 rings (SSSR count). The van der Waals surface area contributed by atoms with Crippen molar-refractivity contribution >= 4 is 11.9 Å². The second kappa shape index (κ2) is 7.20. The van der Waals surface area contributed by atoms with Gasteiger partial charge in [-0.15, -0.1) is 0 Å². The zero-order valence-corrected chi connectivity index (χ0v) is 12.4. The Kier molecular flexibility index (Phi) is 5.31. The van der Waals surface area contributed by atoms with Crippen LogP contribution in [-0.4, -0.2) is 40.0 Å². The summed E-state index contributed by atoms with van der Waals surface area (Å²) in [5, 5.41) is 8.95. The number of carboxylic acids is 1. The number of carbonyl (C=O) groups is 2. The number of hydrogen-bond acceptors (Lipinski definition) is 3. The van der Waals surface area contributed by atoms with E-state index >= 15 is 0 Å². The Morgan fingerprint density at radius 3 is 2.57 bits per heavy atom. The summed E-state index contributed by atoms with van der Waals surface area (Å²) in [7, 11) is 0. The van der Waals surface area contributed by atoms with Gasteiger partial charge in [0.25, 0.3) is 5.91 Å². The lowest BCUT2D eigenvalue weighted by atomic mass is 9.91. The first-order valence-electron chi connectivity index (χ1n) is 7.59. The maximum Gasteiger partial charge on any atom is 0.337 e. The van der Waals surface area contributed by atoms with Gasteiger partial charge in [-0.25, -0.2) is 4.79 Å². The van der Waals surface area contributed by atoms with Crippen molar-refractivity contribution in [1.82, 2.24) is 9.88 Å². The van der Waals surface area contributed by atoms with Crippen molar-refractivity contribution in [3.05, 3.63) is 29.6 Å². The Labute approximate surface area is 125 Å². The topological polar surface area (TPSA) is 70.5 Å². The van der Waals surface area contributed by atoms with Gasteiger partial charge < -0.3 is 10.0 Å². The van der Waals surface area contributed by atoms with Gasteiger partial charge in [0.15, 0.2) is 0 Å². The average molecular weight is 290 g/mol. The fourth-order valence-electron chi connectivity index (χ4n) is 2.77. The molecule has 0 saturated carbocycles. The summed E-state index contributed by atoms with van der Waals surface area (Å²) in [5.41, 5.74) is 0.417. The minimum Gasteiger partial charge on any atom is -0.478 e. The van der Waals surface area contributed by atoms with Crippen LogP contribution < -0.4 is 0 Å². The molecule has 5 nitrogen and oxygen atoms in total. The molecule has 2 heterocycles. The molecule has 5 heteroatoms. The molecule has 0 aromatic carbocycles. The van der Waals surface area contributed by atoms with Crippen LogP contribution in [0.1, 0.15) is 59.7 Å². The lowest BCUT2D eigenvalue weighted by Gasteiger charge is -2.32. The van der Waals surface area contributed by atoms with Crippen LogP contribution in [0.2, 0.25) is 0 Å². The van der Waals surface area contributed by atoms with E-state index in [1.807, 2.05) is 4.90 Å². The fourth-order valence-corrected chi connectivity index (χ4v) is 2.77. The van der Waals surface area contributed by atoms with Gasteiger partial charge in [0.1, 0.15) is 0 Å². The molecule has 1 aromatic rings. The maximum atomic E-state index is 12.4. The van der Waals surface area contributed by atoms with Crippen molar-refractivity contribution in [2.75, 3.05) is 13.1 Å². The Balaban J connectivity index is 1.95. The van der Waals surface area contributed by atoms with Gasteiger partial charge in [-0.2, -0.15) is 0 Å². The summed E-state index contributed by atoms with van der Waals surface area (Å²) in [6, 6.07) is 1.40. The molecule has 0 atom stereocenters. The number of carboxylic acid groups (broad SMARTS) is 1.